The quantitative estimate of drug-likeness (QED) is 0.434. The summed E-state index contributed by atoms with van der Waals surface area (Å²) in [5.74, 6) is 2.15. The van der Waals surface area contributed by atoms with Crippen LogP contribution in [-0.4, -0.2) is 35.0 Å². The number of methoxy groups -OCH3 is 2. The van der Waals surface area contributed by atoms with Crippen molar-refractivity contribution in [1.29, 1.82) is 0 Å². The van der Waals surface area contributed by atoms with Gasteiger partial charge < -0.3 is 14.0 Å². The van der Waals surface area contributed by atoms with Gasteiger partial charge in [-0.2, -0.15) is 5.10 Å². The van der Waals surface area contributed by atoms with Gasteiger partial charge in [0.25, 0.3) is 0 Å². The van der Waals surface area contributed by atoms with E-state index in [1.54, 1.807) is 20.4 Å². The van der Waals surface area contributed by atoms with Crippen molar-refractivity contribution in [2.24, 2.45) is 12.1 Å². The van der Waals surface area contributed by atoms with E-state index in [1.807, 2.05) is 54.1 Å². The van der Waals surface area contributed by atoms with Gasteiger partial charge in [-0.3, -0.25) is 5.43 Å². The SMILES string of the molecule is COc1ccccc1C=NNc1ncnc2c3c(OC)cccc3n(C)c12. The van der Waals surface area contributed by atoms with E-state index in [9.17, 15) is 0 Å². The minimum Gasteiger partial charge on any atom is -0.496 e. The summed E-state index contributed by atoms with van der Waals surface area (Å²) in [6.07, 6.45) is 3.23. The summed E-state index contributed by atoms with van der Waals surface area (Å²) in [6, 6.07) is 13.6. The zero-order chi connectivity index (χ0) is 18.8. The van der Waals surface area contributed by atoms with E-state index < -0.39 is 0 Å². The minimum absolute atomic E-state index is 0.618. The third-order valence-electron chi connectivity index (χ3n) is 4.49. The number of hydrogen-bond donors (Lipinski definition) is 1. The number of hydrogen-bond acceptors (Lipinski definition) is 6. The lowest BCUT2D eigenvalue weighted by atomic mass is 10.2. The molecule has 0 aliphatic carbocycles. The third kappa shape index (κ3) is 2.83. The van der Waals surface area contributed by atoms with Crippen molar-refractivity contribution >= 4 is 34.0 Å². The molecule has 0 aliphatic heterocycles. The Morgan fingerprint density at radius 3 is 2.59 bits per heavy atom. The molecule has 4 aromatic rings. The van der Waals surface area contributed by atoms with E-state index in [2.05, 4.69) is 20.5 Å². The number of anilines is 1. The topological polar surface area (TPSA) is 73.6 Å². The molecular weight excluding hydrogens is 342 g/mol. The zero-order valence-electron chi connectivity index (χ0n) is 15.3. The molecule has 27 heavy (non-hydrogen) atoms. The predicted octanol–water partition coefficient (Wildman–Crippen LogP) is 3.58. The lowest BCUT2D eigenvalue weighted by molar-refractivity contribution is 0.414. The molecule has 0 aliphatic rings. The van der Waals surface area contributed by atoms with Crippen molar-refractivity contribution in [1.82, 2.24) is 14.5 Å². The van der Waals surface area contributed by atoms with E-state index >= 15 is 0 Å². The lowest BCUT2D eigenvalue weighted by Crippen LogP contribution is -1.99. The number of nitrogens with one attached hydrogen (secondary N) is 1. The van der Waals surface area contributed by atoms with Crippen LogP contribution in [0.2, 0.25) is 0 Å². The highest BCUT2D eigenvalue weighted by Gasteiger charge is 2.16. The number of hydrazone groups is 1. The maximum absolute atomic E-state index is 5.52. The Bertz CT molecular complexity index is 1150. The number of aryl methyl sites for hydroxylation is 1. The van der Waals surface area contributed by atoms with Crippen molar-refractivity contribution in [3.63, 3.8) is 0 Å². The summed E-state index contributed by atoms with van der Waals surface area (Å²) in [5, 5.41) is 5.29. The monoisotopic (exact) mass is 361 g/mol. The molecule has 0 atom stereocenters. The second-order valence-electron chi connectivity index (χ2n) is 5.94. The van der Waals surface area contributed by atoms with E-state index in [4.69, 9.17) is 9.47 Å². The second kappa shape index (κ2) is 6.95. The molecule has 0 saturated heterocycles. The van der Waals surface area contributed by atoms with Gasteiger partial charge in [0.2, 0.25) is 0 Å². The number of nitrogens with zero attached hydrogens (tertiary/aromatic N) is 4. The van der Waals surface area contributed by atoms with Crippen molar-refractivity contribution in [3.8, 4) is 11.5 Å². The maximum atomic E-state index is 5.52. The van der Waals surface area contributed by atoms with Gasteiger partial charge in [0.1, 0.15) is 28.9 Å². The van der Waals surface area contributed by atoms with Gasteiger partial charge in [-0.25, -0.2) is 9.97 Å². The maximum Gasteiger partial charge on any atom is 0.174 e. The van der Waals surface area contributed by atoms with Gasteiger partial charge in [-0.05, 0) is 24.3 Å². The van der Waals surface area contributed by atoms with E-state index in [0.717, 1.165) is 39.0 Å². The normalized spacial score (nSPS) is 11.4. The molecule has 136 valence electrons. The molecule has 4 rings (SSSR count). The Labute approximate surface area is 156 Å². The molecule has 0 amide bonds. The Hall–Kier alpha value is -3.61. The highest BCUT2D eigenvalue weighted by atomic mass is 16.5. The number of para-hydroxylation sites is 1. The van der Waals surface area contributed by atoms with Crippen molar-refractivity contribution in [3.05, 3.63) is 54.4 Å². The first kappa shape index (κ1) is 16.8. The molecule has 0 spiro atoms. The van der Waals surface area contributed by atoms with Crippen LogP contribution in [-0.2, 0) is 7.05 Å². The second-order valence-corrected chi connectivity index (χ2v) is 5.94. The molecule has 7 heteroatoms. The van der Waals surface area contributed by atoms with Crippen molar-refractivity contribution in [2.75, 3.05) is 19.6 Å². The Kier molecular flexibility index (Phi) is 4.33. The molecule has 0 fully saturated rings. The first-order chi connectivity index (χ1) is 13.2. The number of ether oxygens (including phenoxy) is 2. The van der Waals surface area contributed by atoms with Gasteiger partial charge >= 0.3 is 0 Å². The summed E-state index contributed by atoms with van der Waals surface area (Å²) in [5.41, 5.74) is 6.59. The van der Waals surface area contributed by atoms with Gasteiger partial charge in [-0.1, -0.05) is 18.2 Å². The molecule has 2 aromatic carbocycles. The van der Waals surface area contributed by atoms with E-state index in [0.29, 0.717) is 5.82 Å². The van der Waals surface area contributed by atoms with Crippen LogP contribution in [0.15, 0.2) is 53.9 Å². The average molecular weight is 361 g/mol. The zero-order valence-corrected chi connectivity index (χ0v) is 15.3. The van der Waals surface area contributed by atoms with Crippen LogP contribution in [0.3, 0.4) is 0 Å². The van der Waals surface area contributed by atoms with Crippen molar-refractivity contribution < 1.29 is 9.47 Å². The molecule has 0 saturated carbocycles. The molecule has 1 N–H and O–H groups in total. The van der Waals surface area contributed by atoms with Crippen LogP contribution < -0.4 is 14.9 Å². The van der Waals surface area contributed by atoms with Gasteiger partial charge in [-0.15, -0.1) is 0 Å². The fourth-order valence-electron chi connectivity index (χ4n) is 3.22. The van der Waals surface area contributed by atoms with Crippen LogP contribution in [0.1, 0.15) is 5.56 Å². The van der Waals surface area contributed by atoms with E-state index in [-0.39, 0.29) is 0 Å². The Morgan fingerprint density at radius 1 is 1.00 bits per heavy atom. The minimum atomic E-state index is 0.618. The summed E-state index contributed by atoms with van der Waals surface area (Å²) < 4.78 is 12.9. The number of aromatic nitrogens is 3. The predicted molar refractivity (Wildman–Crippen MR) is 107 cm³/mol. The molecule has 2 aromatic heterocycles. The van der Waals surface area contributed by atoms with Gasteiger partial charge in [0.05, 0.1) is 31.3 Å². The summed E-state index contributed by atoms with van der Waals surface area (Å²) in [6.45, 7) is 0. The third-order valence-corrected chi connectivity index (χ3v) is 4.49. The summed E-state index contributed by atoms with van der Waals surface area (Å²) in [7, 11) is 5.27. The van der Waals surface area contributed by atoms with Gasteiger partial charge in [0, 0.05) is 12.6 Å². The van der Waals surface area contributed by atoms with Gasteiger partial charge in [0.15, 0.2) is 5.82 Å². The Balaban J connectivity index is 1.78. The number of rotatable bonds is 5. The smallest absolute Gasteiger partial charge is 0.174 e. The Morgan fingerprint density at radius 2 is 1.78 bits per heavy atom. The molecule has 2 heterocycles. The highest BCUT2D eigenvalue weighted by Crippen LogP contribution is 2.35. The summed E-state index contributed by atoms with van der Waals surface area (Å²) >= 11 is 0. The highest BCUT2D eigenvalue weighted by molar-refractivity contribution is 6.11. The lowest BCUT2D eigenvalue weighted by Gasteiger charge is -2.05. The molecule has 0 unspecified atom stereocenters. The first-order valence-electron chi connectivity index (χ1n) is 8.42. The first-order valence-corrected chi connectivity index (χ1v) is 8.42. The summed E-state index contributed by atoms with van der Waals surface area (Å²) in [4.78, 5) is 8.83. The largest absolute Gasteiger partial charge is 0.496 e. The molecule has 7 nitrogen and oxygen atoms in total. The van der Waals surface area contributed by atoms with Crippen LogP contribution >= 0.6 is 0 Å². The van der Waals surface area contributed by atoms with Crippen LogP contribution in [0.5, 0.6) is 11.5 Å². The number of benzene rings is 2. The van der Waals surface area contributed by atoms with E-state index in [1.165, 1.54) is 6.33 Å². The molecular formula is C20H19N5O2. The number of fused-ring (bicyclic) bond motifs is 3. The standard InChI is InChI=1S/C20H19N5O2/c1-25-14-8-6-10-16(27-3)17(14)18-19(25)20(22-12-21-18)24-23-11-13-7-4-5-9-15(13)26-2/h4-12H,1-3H3,(H,21,22,24). The van der Waals surface area contributed by atoms with Crippen LogP contribution in [0.25, 0.3) is 21.9 Å². The fourth-order valence-corrected chi connectivity index (χ4v) is 3.22. The van der Waals surface area contributed by atoms with Crippen LogP contribution in [0.4, 0.5) is 5.82 Å². The van der Waals surface area contributed by atoms with Crippen molar-refractivity contribution in [2.45, 2.75) is 0 Å². The van der Waals surface area contributed by atoms with Crippen LogP contribution in [0, 0.1) is 0 Å². The molecule has 0 radical (unpaired) electrons. The average Bonchev–Trinajstić information content (AvgIpc) is 3.02. The molecule has 0 bridgehead atoms. The fraction of sp³-hybridized carbons (Fsp3) is 0.150.